The standard InChI is InChI=1S/C17H21N3O2/c1-11-7-6-8-12(9-11)18-16(22)15(21)13-10-14(17(2,3)4)19-20(13)5/h6-10H,1-5H3,(H,18,22). The summed E-state index contributed by atoms with van der Waals surface area (Å²) in [5.41, 5.74) is 2.51. The van der Waals surface area contributed by atoms with Gasteiger partial charge in [-0.05, 0) is 30.7 Å². The van der Waals surface area contributed by atoms with Crippen molar-refractivity contribution in [1.29, 1.82) is 0 Å². The molecule has 1 heterocycles. The second kappa shape index (κ2) is 5.75. The van der Waals surface area contributed by atoms with Gasteiger partial charge in [-0.2, -0.15) is 5.10 Å². The minimum absolute atomic E-state index is 0.177. The number of carbonyl (C=O) groups is 2. The molecule has 0 aliphatic rings. The lowest BCUT2D eigenvalue weighted by molar-refractivity contribution is -0.112. The Morgan fingerprint density at radius 2 is 1.86 bits per heavy atom. The fraction of sp³-hybridized carbons (Fsp3) is 0.353. The van der Waals surface area contributed by atoms with Crippen LogP contribution in [0.25, 0.3) is 0 Å². The average molecular weight is 299 g/mol. The molecule has 1 aromatic carbocycles. The highest BCUT2D eigenvalue weighted by Crippen LogP contribution is 2.21. The summed E-state index contributed by atoms with van der Waals surface area (Å²) < 4.78 is 1.46. The topological polar surface area (TPSA) is 64.0 Å². The average Bonchev–Trinajstić information content (AvgIpc) is 2.80. The Labute approximate surface area is 130 Å². The molecular weight excluding hydrogens is 278 g/mol. The van der Waals surface area contributed by atoms with E-state index in [1.165, 1.54) is 4.68 Å². The molecule has 0 aliphatic carbocycles. The highest BCUT2D eigenvalue weighted by Gasteiger charge is 2.25. The number of nitrogens with one attached hydrogen (secondary N) is 1. The van der Waals surface area contributed by atoms with Crippen molar-refractivity contribution >= 4 is 17.4 Å². The van der Waals surface area contributed by atoms with E-state index >= 15 is 0 Å². The summed E-state index contributed by atoms with van der Waals surface area (Å²) in [6.07, 6.45) is 0. The molecule has 0 unspecified atom stereocenters. The maximum Gasteiger partial charge on any atom is 0.298 e. The van der Waals surface area contributed by atoms with E-state index in [1.54, 1.807) is 19.2 Å². The molecule has 116 valence electrons. The van der Waals surface area contributed by atoms with Crippen LogP contribution in [0.3, 0.4) is 0 Å². The Balaban J connectivity index is 2.21. The molecular formula is C17H21N3O2. The van der Waals surface area contributed by atoms with Gasteiger partial charge in [-0.15, -0.1) is 0 Å². The Bertz CT molecular complexity index is 724. The van der Waals surface area contributed by atoms with E-state index in [2.05, 4.69) is 10.4 Å². The second-order valence-electron chi connectivity index (χ2n) is 6.44. The molecule has 0 aliphatic heterocycles. The molecule has 0 bridgehead atoms. The van der Waals surface area contributed by atoms with E-state index in [4.69, 9.17) is 0 Å². The van der Waals surface area contributed by atoms with E-state index in [-0.39, 0.29) is 11.1 Å². The predicted octanol–water partition coefficient (Wildman–Crippen LogP) is 2.85. The van der Waals surface area contributed by atoms with Gasteiger partial charge in [0.15, 0.2) is 0 Å². The zero-order chi connectivity index (χ0) is 16.5. The third kappa shape index (κ3) is 3.42. The number of hydrogen-bond acceptors (Lipinski definition) is 3. The number of rotatable bonds is 3. The van der Waals surface area contributed by atoms with E-state index in [9.17, 15) is 9.59 Å². The first kappa shape index (κ1) is 15.9. The summed E-state index contributed by atoms with van der Waals surface area (Å²) in [6, 6.07) is 9.00. The summed E-state index contributed by atoms with van der Waals surface area (Å²) >= 11 is 0. The van der Waals surface area contributed by atoms with Crippen LogP contribution in [0, 0.1) is 6.92 Å². The minimum Gasteiger partial charge on any atom is -0.319 e. The van der Waals surface area contributed by atoms with Crippen molar-refractivity contribution in [3.63, 3.8) is 0 Å². The zero-order valence-corrected chi connectivity index (χ0v) is 13.6. The van der Waals surface area contributed by atoms with Gasteiger partial charge in [-0.3, -0.25) is 14.3 Å². The van der Waals surface area contributed by atoms with Gasteiger partial charge in [-0.25, -0.2) is 0 Å². The van der Waals surface area contributed by atoms with Crippen LogP contribution in [0.2, 0.25) is 0 Å². The van der Waals surface area contributed by atoms with Crippen LogP contribution in [0.15, 0.2) is 30.3 Å². The molecule has 2 aromatic rings. The number of benzene rings is 1. The van der Waals surface area contributed by atoms with Crippen LogP contribution in [-0.2, 0) is 17.3 Å². The fourth-order valence-corrected chi connectivity index (χ4v) is 2.07. The van der Waals surface area contributed by atoms with E-state index in [0.717, 1.165) is 11.3 Å². The van der Waals surface area contributed by atoms with Crippen molar-refractivity contribution < 1.29 is 9.59 Å². The highest BCUT2D eigenvalue weighted by atomic mass is 16.2. The molecule has 0 fully saturated rings. The number of Topliss-reactive ketones (excluding diaryl/α,β-unsaturated/α-hetero) is 1. The Morgan fingerprint density at radius 3 is 2.41 bits per heavy atom. The van der Waals surface area contributed by atoms with Crippen LogP contribution >= 0.6 is 0 Å². The molecule has 0 radical (unpaired) electrons. The first-order valence-corrected chi connectivity index (χ1v) is 7.15. The first-order chi connectivity index (χ1) is 10.2. The third-order valence-corrected chi connectivity index (χ3v) is 3.36. The van der Waals surface area contributed by atoms with Crippen LogP contribution in [0.4, 0.5) is 5.69 Å². The molecule has 1 aromatic heterocycles. The van der Waals surface area contributed by atoms with Gasteiger partial charge in [0.2, 0.25) is 0 Å². The van der Waals surface area contributed by atoms with E-state index in [0.29, 0.717) is 5.69 Å². The lowest BCUT2D eigenvalue weighted by Crippen LogP contribution is -2.24. The molecule has 2 rings (SSSR count). The van der Waals surface area contributed by atoms with Gasteiger partial charge in [0.05, 0.1) is 5.69 Å². The molecule has 1 amide bonds. The largest absolute Gasteiger partial charge is 0.319 e. The van der Waals surface area contributed by atoms with Gasteiger partial charge in [0.1, 0.15) is 5.69 Å². The number of amides is 1. The number of aromatic nitrogens is 2. The second-order valence-corrected chi connectivity index (χ2v) is 6.44. The Hall–Kier alpha value is -2.43. The molecule has 5 heteroatoms. The zero-order valence-electron chi connectivity index (χ0n) is 13.6. The van der Waals surface area contributed by atoms with Crippen LogP contribution in [0.1, 0.15) is 42.5 Å². The lowest BCUT2D eigenvalue weighted by atomic mass is 9.92. The maximum atomic E-state index is 12.3. The van der Waals surface area contributed by atoms with Crippen LogP contribution in [0.5, 0.6) is 0 Å². The van der Waals surface area contributed by atoms with E-state index < -0.39 is 11.7 Å². The third-order valence-electron chi connectivity index (χ3n) is 3.36. The minimum atomic E-state index is -0.658. The SMILES string of the molecule is Cc1cccc(NC(=O)C(=O)c2cc(C(C)(C)C)nn2C)c1. The van der Waals surface area contributed by atoms with Crippen molar-refractivity contribution in [2.75, 3.05) is 5.32 Å². The predicted molar refractivity (Wildman–Crippen MR) is 86.0 cm³/mol. The normalized spacial score (nSPS) is 11.3. The van der Waals surface area contributed by atoms with Crippen molar-refractivity contribution in [2.24, 2.45) is 7.05 Å². The summed E-state index contributed by atoms with van der Waals surface area (Å²) in [7, 11) is 1.67. The quantitative estimate of drug-likeness (QED) is 0.700. The highest BCUT2D eigenvalue weighted by molar-refractivity contribution is 6.46. The first-order valence-electron chi connectivity index (χ1n) is 7.15. The Morgan fingerprint density at radius 1 is 1.18 bits per heavy atom. The molecule has 0 saturated heterocycles. The number of nitrogens with zero attached hydrogens (tertiary/aromatic N) is 2. The number of aryl methyl sites for hydroxylation is 2. The number of carbonyl (C=O) groups excluding carboxylic acids is 2. The summed E-state index contributed by atoms with van der Waals surface area (Å²) in [6.45, 7) is 7.96. The number of ketones is 1. The van der Waals surface area contributed by atoms with Crippen molar-refractivity contribution in [1.82, 2.24) is 9.78 Å². The van der Waals surface area contributed by atoms with Gasteiger partial charge >= 0.3 is 0 Å². The number of anilines is 1. The van der Waals surface area contributed by atoms with Gasteiger partial charge in [0.25, 0.3) is 11.7 Å². The van der Waals surface area contributed by atoms with E-state index in [1.807, 2.05) is 45.9 Å². The lowest BCUT2D eigenvalue weighted by Gasteiger charge is -2.13. The summed E-state index contributed by atoms with van der Waals surface area (Å²) in [4.78, 5) is 24.5. The van der Waals surface area contributed by atoms with Gasteiger partial charge in [-0.1, -0.05) is 32.9 Å². The molecule has 0 spiro atoms. The van der Waals surface area contributed by atoms with Crippen molar-refractivity contribution in [3.05, 3.63) is 47.3 Å². The molecule has 22 heavy (non-hydrogen) atoms. The van der Waals surface area contributed by atoms with Crippen LogP contribution < -0.4 is 5.32 Å². The van der Waals surface area contributed by atoms with Crippen molar-refractivity contribution in [3.8, 4) is 0 Å². The summed E-state index contributed by atoms with van der Waals surface area (Å²) in [5.74, 6) is -1.25. The fourth-order valence-electron chi connectivity index (χ4n) is 2.07. The molecule has 0 atom stereocenters. The van der Waals surface area contributed by atoms with Crippen LogP contribution in [-0.4, -0.2) is 21.5 Å². The summed E-state index contributed by atoms with van der Waals surface area (Å²) in [5, 5.41) is 6.95. The molecule has 1 N–H and O–H groups in total. The maximum absolute atomic E-state index is 12.3. The van der Waals surface area contributed by atoms with Gasteiger partial charge in [0, 0.05) is 18.2 Å². The smallest absolute Gasteiger partial charge is 0.298 e. The van der Waals surface area contributed by atoms with Crippen molar-refractivity contribution in [2.45, 2.75) is 33.1 Å². The monoisotopic (exact) mass is 299 g/mol. The molecule has 5 nitrogen and oxygen atoms in total. The molecule has 0 saturated carbocycles. The Kier molecular flexibility index (Phi) is 4.17. The van der Waals surface area contributed by atoms with Gasteiger partial charge < -0.3 is 5.32 Å². The number of hydrogen-bond donors (Lipinski definition) is 1.